The molecule has 0 fully saturated rings. The lowest BCUT2D eigenvalue weighted by Gasteiger charge is -2.37. The number of halogens is 2. The minimum atomic E-state index is -2.13. The number of hydrogen-bond donors (Lipinski definition) is 1. The van der Waals surface area contributed by atoms with Crippen molar-refractivity contribution in [1.29, 1.82) is 0 Å². The van der Waals surface area contributed by atoms with E-state index in [0.29, 0.717) is 16.9 Å². The summed E-state index contributed by atoms with van der Waals surface area (Å²) >= 11 is 5.18. The van der Waals surface area contributed by atoms with Crippen molar-refractivity contribution >= 4 is 31.3 Å². The molecule has 3 atom stereocenters. The van der Waals surface area contributed by atoms with Gasteiger partial charge in [0.1, 0.15) is 29.2 Å². The first-order valence-corrected chi connectivity index (χ1v) is 16.8. The summed E-state index contributed by atoms with van der Waals surface area (Å²) in [5, 5.41) is 0.185. The van der Waals surface area contributed by atoms with Gasteiger partial charge >= 0.3 is 0 Å². The van der Waals surface area contributed by atoms with Gasteiger partial charge in [0, 0.05) is 16.9 Å². The predicted octanol–water partition coefficient (Wildman–Crippen LogP) is 7.57. The van der Waals surface area contributed by atoms with Gasteiger partial charge in [0.25, 0.3) is 0 Å². The van der Waals surface area contributed by atoms with E-state index in [1.54, 1.807) is 31.4 Å². The highest BCUT2D eigenvalue weighted by Gasteiger charge is 2.38. The van der Waals surface area contributed by atoms with Crippen molar-refractivity contribution in [3.63, 3.8) is 0 Å². The van der Waals surface area contributed by atoms with E-state index in [0.717, 1.165) is 18.6 Å². The fourth-order valence-electron chi connectivity index (χ4n) is 3.38. The van der Waals surface area contributed by atoms with E-state index < -0.39 is 31.5 Å². The van der Waals surface area contributed by atoms with E-state index in [9.17, 15) is 8.94 Å². The second-order valence-electron chi connectivity index (χ2n) is 10.6. The minimum absolute atomic E-state index is 0.00784. The lowest BCUT2D eigenvalue weighted by molar-refractivity contribution is 0.252. The Morgan fingerprint density at radius 2 is 1.75 bits per heavy atom. The second kappa shape index (κ2) is 13.5. The van der Waals surface area contributed by atoms with E-state index in [1.807, 2.05) is 6.92 Å². The van der Waals surface area contributed by atoms with Gasteiger partial charge in [-0.1, -0.05) is 45.7 Å². The monoisotopic (exact) mass is 557 g/mol. The van der Waals surface area contributed by atoms with Gasteiger partial charge < -0.3 is 18.5 Å². The normalized spacial score (nSPS) is 14.9. The Kier molecular flexibility index (Phi) is 11.6. The van der Waals surface area contributed by atoms with Crippen molar-refractivity contribution in [2.45, 2.75) is 83.5 Å². The molecule has 1 N–H and O–H groups in total. The molecular formula is C27H41ClFNO4SSi. The highest BCUT2D eigenvalue weighted by molar-refractivity contribution is 7.90. The average Bonchev–Trinajstić information content (AvgIpc) is 2.80. The van der Waals surface area contributed by atoms with Crippen molar-refractivity contribution < 1.29 is 22.8 Å². The first-order valence-electron chi connectivity index (χ1n) is 12.3. The molecule has 2 aromatic rings. The minimum Gasteiger partial charge on any atom is -0.598 e. The number of hydrogen-bond acceptors (Lipinski definition) is 5. The molecule has 0 amide bonds. The van der Waals surface area contributed by atoms with Crippen LogP contribution in [0.3, 0.4) is 0 Å². The van der Waals surface area contributed by atoms with Crippen LogP contribution in [0.2, 0.25) is 23.2 Å². The van der Waals surface area contributed by atoms with Crippen LogP contribution in [0, 0.1) is 5.82 Å². The Bertz CT molecular complexity index is 971. The molecule has 5 nitrogen and oxygen atoms in total. The quantitative estimate of drug-likeness (QED) is 0.203. The molecule has 2 rings (SSSR count). The third-order valence-corrected chi connectivity index (χ3v) is 13.1. The Hall–Kier alpha value is -1.29. The molecule has 0 aliphatic carbocycles. The zero-order valence-corrected chi connectivity index (χ0v) is 25.3. The largest absolute Gasteiger partial charge is 0.598 e. The number of ether oxygens (including phenoxy) is 2. The second-order valence-corrected chi connectivity index (χ2v) is 17.4. The fraction of sp³-hybridized carbons (Fsp3) is 0.556. The molecule has 0 heterocycles. The van der Waals surface area contributed by atoms with Crippen LogP contribution in [-0.2, 0) is 22.4 Å². The SMILES string of the molecule is CCC[C@@H](C)[S+]([O-])N[C@@H](CO[Si](C)(C)C(C)(C)C)c1cc(F)cc(Cl)c1COc1ccc(OC)cc1. The number of benzene rings is 2. The molecule has 0 saturated heterocycles. The van der Waals surface area contributed by atoms with Crippen LogP contribution in [0.4, 0.5) is 4.39 Å². The van der Waals surface area contributed by atoms with Gasteiger partial charge in [-0.2, -0.15) is 0 Å². The molecule has 9 heteroatoms. The first kappa shape index (κ1) is 30.9. The maximum absolute atomic E-state index is 14.6. The molecule has 36 heavy (non-hydrogen) atoms. The summed E-state index contributed by atoms with van der Waals surface area (Å²) in [7, 11) is -0.526. The van der Waals surface area contributed by atoms with Gasteiger partial charge in [0.15, 0.2) is 8.32 Å². The van der Waals surface area contributed by atoms with E-state index in [4.69, 9.17) is 25.5 Å². The average molecular weight is 558 g/mol. The predicted molar refractivity (Wildman–Crippen MR) is 150 cm³/mol. The Morgan fingerprint density at radius 1 is 1.14 bits per heavy atom. The van der Waals surface area contributed by atoms with Gasteiger partial charge in [0.2, 0.25) is 0 Å². The molecular weight excluding hydrogens is 517 g/mol. The van der Waals surface area contributed by atoms with Gasteiger partial charge in [0.05, 0.1) is 24.8 Å². The van der Waals surface area contributed by atoms with Crippen molar-refractivity contribution in [3.05, 3.63) is 58.4 Å². The molecule has 1 unspecified atom stereocenters. The zero-order valence-electron chi connectivity index (χ0n) is 22.7. The molecule has 0 aliphatic heterocycles. The molecule has 0 aromatic heterocycles. The summed E-state index contributed by atoms with van der Waals surface area (Å²) in [6.07, 6.45) is 1.74. The topological polar surface area (TPSA) is 62.8 Å². The molecule has 0 aliphatic rings. The van der Waals surface area contributed by atoms with Gasteiger partial charge in [-0.25, -0.2) is 4.39 Å². The molecule has 0 radical (unpaired) electrons. The standard InChI is InChI=1S/C27H41ClFNO4SSi/c1-9-10-19(2)35(31)30-26(18-34-36(7,8)27(3,4)5)23-15-20(29)16-25(28)24(23)17-33-22-13-11-21(32-6)12-14-22/h11-16,19,26,30H,9-10,17-18H2,1-8H3/t19-,26+,35?/m1/s1. The third kappa shape index (κ3) is 8.64. The van der Waals surface area contributed by atoms with E-state index in [1.165, 1.54) is 12.1 Å². The summed E-state index contributed by atoms with van der Waals surface area (Å²) in [5.41, 5.74) is 1.22. The number of nitrogens with one attached hydrogen (secondary N) is 1. The van der Waals surface area contributed by atoms with Gasteiger partial charge in [-0.15, -0.1) is 4.72 Å². The zero-order chi connectivity index (χ0) is 27.1. The molecule has 2 aromatic carbocycles. The van der Waals surface area contributed by atoms with Crippen molar-refractivity contribution in [1.82, 2.24) is 4.72 Å². The summed E-state index contributed by atoms with van der Waals surface area (Å²) in [5.74, 6) is 0.887. The van der Waals surface area contributed by atoms with Crippen molar-refractivity contribution in [3.8, 4) is 11.5 Å². The lowest BCUT2D eigenvalue weighted by atomic mass is 10.0. The van der Waals surface area contributed by atoms with Crippen LogP contribution >= 0.6 is 11.6 Å². The van der Waals surface area contributed by atoms with Crippen molar-refractivity contribution in [2.75, 3.05) is 13.7 Å². The first-order chi connectivity index (χ1) is 16.8. The Labute approximate surface area is 225 Å². The molecule has 0 bridgehead atoms. The summed E-state index contributed by atoms with van der Waals surface area (Å²) < 4.78 is 48.7. The Balaban J connectivity index is 2.40. The Morgan fingerprint density at radius 3 is 2.31 bits per heavy atom. The number of rotatable bonds is 13. The van der Waals surface area contributed by atoms with Crippen LogP contribution < -0.4 is 14.2 Å². The van der Waals surface area contributed by atoms with Crippen LogP contribution in [0.5, 0.6) is 11.5 Å². The highest BCUT2D eigenvalue weighted by atomic mass is 35.5. The summed E-state index contributed by atoms with van der Waals surface area (Å²) in [6, 6.07) is 9.40. The highest BCUT2D eigenvalue weighted by Crippen LogP contribution is 2.38. The summed E-state index contributed by atoms with van der Waals surface area (Å²) in [6.45, 7) is 15.2. The molecule has 202 valence electrons. The maximum atomic E-state index is 14.6. The summed E-state index contributed by atoms with van der Waals surface area (Å²) in [4.78, 5) is 0. The van der Waals surface area contributed by atoms with Crippen LogP contribution in [0.25, 0.3) is 0 Å². The van der Waals surface area contributed by atoms with Crippen LogP contribution in [-0.4, -0.2) is 31.8 Å². The smallest absolute Gasteiger partial charge is 0.192 e. The van der Waals surface area contributed by atoms with Crippen LogP contribution in [0.15, 0.2) is 36.4 Å². The maximum Gasteiger partial charge on any atom is 0.192 e. The molecule has 0 spiro atoms. The van der Waals surface area contributed by atoms with E-state index >= 15 is 0 Å². The van der Waals surface area contributed by atoms with Gasteiger partial charge in [-0.05, 0) is 73.4 Å². The van der Waals surface area contributed by atoms with Gasteiger partial charge in [-0.3, -0.25) is 0 Å². The van der Waals surface area contributed by atoms with E-state index in [2.05, 4.69) is 45.5 Å². The van der Waals surface area contributed by atoms with E-state index in [-0.39, 0.29) is 28.5 Å². The fourth-order valence-corrected chi connectivity index (χ4v) is 5.82. The molecule has 0 saturated carbocycles. The van der Waals surface area contributed by atoms with Crippen LogP contribution in [0.1, 0.15) is 64.6 Å². The third-order valence-electron chi connectivity index (χ3n) is 6.75. The number of methoxy groups -OCH3 is 1. The van der Waals surface area contributed by atoms with Crippen molar-refractivity contribution in [2.24, 2.45) is 0 Å². The lowest BCUT2D eigenvalue weighted by Crippen LogP contribution is -2.44.